The Kier molecular flexibility index (Phi) is 3.80. The summed E-state index contributed by atoms with van der Waals surface area (Å²) in [5, 5.41) is 39.3. The van der Waals surface area contributed by atoms with Crippen LogP contribution in [0.25, 0.3) is 22.3 Å². The van der Waals surface area contributed by atoms with Crippen molar-refractivity contribution in [2.45, 2.75) is 0 Å². The number of phenols is 3. The zero-order valence-electron chi connectivity index (χ0n) is 13.2. The molecule has 0 bridgehead atoms. The zero-order chi connectivity index (χ0) is 18.3. The number of ether oxygens (including phenoxy) is 2. The molecule has 8 nitrogen and oxygen atoms in total. The number of benzene rings is 2. The molecule has 0 unspecified atom stereocenters. The van der Waals surface area contributed by atoms with Gasteiger partial charge in [-0.25, -0.2) is 0 Å². The molecule has 3 aromatic rings. The molecular formula is C17H14O8. The van der Waals surface area contributed by atoms with Gasteiger partial charge in [0, 0.05) is 17.7 Å². The second-order valence-corrected chi connectivity index (χ2v) is 5.18. The number of fused-ring (bicyclic) bond motifs is 1. The molecule has 1 heterocycles. The number of hydrogen-bond acceptors (Lipinski definition) is 8. The molecule has 0 amide bonds. The fourth-order valence-electron chi connectivity index (χ4n) is 2.50. The largest absolute Gasteiger partial charge is 0.508 e. The number of methoxy groups -OCH3 is 2. The molecule has 130 valence electrons. The molecule has 0 aliphatic heterocycles. The lowest BCUT2D eigenvalue weighted by Crippen LogP contribution is -2.03. The molecule has 4 N–H and O–H groups in total. The molecule has 0 radical (unpaired) electrons. The van der Waals surface area contributed by atoms with Crippen molar-refractivity contribution in [1.29, 1.82) is 0 Å². The first kappa shape index (κ1) is 16.3. The summed E-state index contributed by atoms with van der Waals surface area (Å²) in [6.07, 6.45) is 0. The van der Waals surface area contributed by atoms with Crippen molar-refractivity contribution in [2.24, 2.45) is 0 Å². The van der Waals surface area contributed by atoms with E-state index in [-0.39, 0.29) is 45.3 Å². The highest BCUT2D eigenvalue weighted by Crippen LogP contribution is 2.43. The van der Waals surface area contributed by atoms with Gasteiger partial charge in [0.15, 0.2) is 17.3 Å². The highest BCUT2D eigenvalue weighted by molar-refractivity contribution is 5.88. The minimum Gasteiger partial charge on any atom is -0.508 e. The van der Waals surface area contributed by atoms with Gasteiger partial charge < -0.3 is 34.3 Å². The van der Waals surface area contributed by atoms with E-state index in [1.807, 2.05) is 0 Å². The molecule has 0 aliphatic carbocycles. The molecule has 8 heteroatoms. The lowest BCUT2D eigenvalue weighted by molar-refractivity contribution is 0.340. The maximum atomic E-state index is 12.4. The van der Waals surface area contributed by atoms with Gasteiger partial charge in [-0.1, -0.05) is 0 Å². The predicted octanol–water partition coefficient (Wildman–Crippen LogP) is 2.30. The topological polar surface area (TPSA) is 130 Å². The van der Waals surface area contributed by atoms with Crippen LogP contribution in [-0.4, -0.2) is 34.6 Å². The molecule has 0 aliphatic rings. The Morgan fingerprint density at radius 3 is 2.04 bits per heavy atom. The van der Waals surface area contributed by atoms with E-state index in [4.69, 9.17) is 13.9 Å². The molecule has 1 aromatic heterocycles. The van der Waals surface area contributed by atoms with Crippen LogP contribution in [0.4, 0.5) is 0 Å². The van der Waals surface area contributed by atoms with Gasteiger partial charge >= 0.3 is 0 Å². The van der Waals surface area contributed by atoms with E-state index in [0.29, 0.717) is 0 Å². The van der Waals surface area contributed by atoms with E-state index in [1.165, 1.54) is 26.4 Å². The maximum absolute atomic E-state index is 12.4. The summed E-state index contributed by atoms with van der Waals surface area (Å²) in [5.74, 6) is -2.00. The summed E-state index contributed by atoms with van der Waals surface area (Å²) in [5.41, 5.74) is -0.813. The Morgan fingerprint density at radius 2 is 1.48 bits per heavy atom. The number of rotatable bonds is 3. The molecule has 0 fully saturated rings. The van der Waals surface area contributed by atoms with Gasteiger partial charge in [0.05, 0.1) is 14.2 Å². The zero-order valence-corrected chi connectivity index (χ0v) is 13.2. The van der Waals surface area contributed by atoms with Gasteiger partial charge in [-0.3, -0.25) is 4.79 Å². The van der Waals surface area contributed by atoms with Crippen molar-refractivity contribution in [3.05, 3.63) is 34.5 Å². The van der Waals surface area contributed by atoms with Crippen LogP contribution >= 0.6 is 0 Å². The first-order valence-corrected chi connectivity index (χ1v) is 7.04. The van der Waals surface area contributed by atoms with Crippen LogP contribution in [-0.2, 0) is 0 Å². The van der Waals surface area contributed by atoms with Crippen LogP contribution in [0, 0.1) is 0 Å². The van der Waals surface area contributed by atoms with Gasteiger partial charge in [-0.2, -0.15) is 0 Å². The van der Waals surface area contributed by atoms with E-state index in [1.54, 1.807) is 0 Å². The quantitative estimate of drug-likeness (QED) is 0.568. The standard InChI is InChI=1S/C17H14O8/c1-23-11-3-7(4-12(24-2)14(11)20)17-16(22)15(21)13-9(19)5-8(18)6-10(13)25-17/h3-6,18-20,22H,1-2H3. The van der Waals surface area contributed by atoms with Crippen molar-refractivity contribution in [2.75, 3.05) is 14.2 Å². The second kappa shape index (κ2) is 5.82. The van der Waals surface area contributed by atoms with Crippen molar-refractivity contribution in [3.63, 3.8) is 0 Å². The summed E-state index contributed by atoms with van der Waals surface area (Å²) in [6, 6.07) is 4.77. The van der Waals surface area contributed by atoms with Crippen molar-refractivity contribution >= 4 is 11.0 Å². The van der Waals surface area contributed by atoms with Crippen LogP contribution in [0.1, 0.15) is 0 Å². The van der Waals surface area contributed by atoms with Gasteiger partial charge in [0.25, 0.3) is 0 Å². The highest BCUT2D eigenvalue weighted by atomic mass is 16.5. The first-order valence-electron chi connectivity index (χ1n) is 7.04. The minimum absolute atomic E-state index is 0.0373. The normalized spacial score (nSPS) is 10.8. The summed E-state index contributed by atoms with van der Waals surface area (Å²) >= 11 is 0. The number of hydrogen-bond donors (Lipinski definition) is 4. The average molecular weight is 346 g/mol. The Morgan fingerprint density at radius 1 is 0.880 bits per heavy atom. The first-order chi connectivity index (χ1) is 11.9. The Hall–Kier alpha value is -3.55. The van der Waals surface area contributed by atoms with Crippen LogP contribution in [0.15, 0.2) is 33.5 Å². The molecule has 0 saturated heterocycles. The van der Waals surface area contributed by atoms with E-state index >= 15 is 0 Å². The minimum atomic E-state index is -0.875. The molecule has 0 saturated carbocycles. The molecule has 25 heavy (non-hydrogen) atoms. The lowest BCUT2D eigenvalue weighted by atomic mass is 10.1. The number of aromatic hydroxyl groups is 4. The smallest absolute Gasteiger partial charge is 0.238 e. The third-order valence-electron chi connectivity index (χ3n) is 3.68. The summed E-state index contributed by atoms with van der Waals surface area (Å²) in [4.78, 5) is 12.4. The highest BCUT2D eigenvalue weighted by Gasteiger charge is 2.21. The third kappa shape index (κ3) is 2.53. The predicted molar refractivity (Wildman–Crippen MR) is 87.7 cm³/mol. The molecule has 3 rings (SSSR count). The third-order valence-corrected chi connectivity index (χ3v) is 3.68. The Labute approximate surface area is 140 Å². The van der Waals surface area contributed by atoms with E-state index in [9.17, 15) is 25.2 Å². The molecule has 0 spiro atoms. The number of phenolic OH excluding ortho intramolecular Hbond substituents is 3. The average Bonchev–Trinajstić information content (AvgIpc) is 2.57. The van der Waals surface area contributed by atoms with Gasteiger partial charge in [-0.15, -0.1) is 0 Å². The molecule has 2 aromatic carbocycles. The fourth-order valence-corrected chi connectivity index (χ4v) is 2.50. The summed E-state index contributed by atoms with van der Waals surface area (Å²) in [7, 11) is 2.65. The van der Waals surface area contributed by atoms with Crippen LogP contribution in [0.5, 0.6) is 34.5 Å². The molecular weight excluding hydrogens is 332 g/mol. The van der Waals surface area contributed by atoms with E-state index < -0.39 is 16.9 Å². The lowest BCUT2D eigenvalue weighted by Gasteiger charge is -2.12. The van der Waals surface area contributed by atoms with Gasteiger partial charge in [0.1, 0.15) is 22.5 Å². The van der Waals surface area contributed by atoms with Crippen LogP contribution in [0.2, 0.25) is 0 Å². The van der Waals surface area contributed by atoms with Gasteiger partial charge in [0.2, 0.25) is 16.9 Å². The Bertz CT molecular complexity index is 1010. The van der Waals surface area contributed by atoms with Crippen molar-refractivity contribution < 1.29 is 34.3 Å². The van der Waals surface area contributed by atoms with E-state index in [0.717, 1.165) is 12.1 Å². The van der Waals surface area contributed by atoms with Crippen LogP contribution in [0.3, 0.4) is 0 Å². The maximum Gasteiger partial charge on any atom is 0.238 e. The summed E-state index contributed by atoms with van der Waals surface area (Å²) < 4.78 is 15.6. The SMILES string of the molecule is COc1cc(-c2oc3cc(O)cc(O)c3c(=O)c2O)cc(OC)c1O. The van der Waals surface area contributed by atoms with Crippen molar-refractivity contribution in [3.8, 4) is 45.8 Å². The Balaban J connectivity index is 2.37. The monoisotopic (exact) mass is 346 g/mol. The fraction of sp³-hybridized carbons (Fsp3) is 0.118. The van der Waals surface area contributed by atoms with Crippen LogP contribution < -0.4 is 14.9 Å². The molecule has 0 atom stereocenters. The van der Waals surface area contributed by atoms with E-state index in [2.05, 4.69) is 0 Å². The van der Waals surface area contributed by atoms with Gasteiger partial charge in [-0.05, 0) is 12.1 Å². The van der Waals surface area contributed by atoms with Crippen molar-refractivity contribution in [1.82, 2.24) is 0 Å². The summed E-state index contributed by atoms with van der Waals surface area (Å²) in [6.45, 7) is 0. The second-order valence-electron chi connectivity index (χ2n) is 5.18.